The van der Waals surface area contributed by atoms with Crippen molar-refractivity contribution in [2.75, 3.05) is 26.2 Å². The Morgan fingerprint density at radius 3 is 2.28 bits per heavy atom. The predicted octanol–water partition coefficient (Wildman–Crippen LogP) is 0.995. The molecule has 1 aliphatic carbocycles. The Morgan fingerprint density at radius 1 is 1.22 bits per heavy atom. The molecule has 0 aromatic heterocycles. The average Bonchev–Trinajstić information content (AvgIpc) is 2.91. The van der Waals surface area contributed by atoms with Crippen LogP contribution >= 0.6 is 12.2 Å². The Hall–Kier alpha value is -0.680. The van der Waals surface area contributed by atoms with E-state index in [1.807, 2.05) is 11.8 Å². The van der Waals surface area contributed by atoms with E-state index < -0.39 is 0 Å². The lowest BCUT2D eigenvalue weighted by atomic mass is 10.1. The SMILES string of the molecule is CC(C(N)=S)N1CCN(C(=O)C2CCCC2)CC1. The van der Waals surface area contributed by atoms with Crippen molar-refractivity contribution >= 4 is 23.1 Å². The van der Waals surface area contributed by atoms with Gasteiger partial charge in [0.25, 0.3) is 0 Å². The predicted molar refractivity (Wildman–Crippen MR) is 76.4 cm³/mol. The summed E-state index contributed by atoms with van der Waals surface area (Å²) in [5, 5.41) is 0. The highest BCUT2D eigenvalue weighted by atomic mass is 32.1. The van der Waals surface area contributed by atoms with Crippen LogP contribution in [-0.2, 0) is 4.79 Å². The van der Waals surface area contributed by atoms with Crippen molar-refractivity contribution in [3.8, 4) is 0 Å². The molecule has 102 valence electrons. The van der Waals surface area contributed by atoms with E-state index in [0.717, 1.165) is 39.0 Å². The largest absolute Gasteiger partial charge is 0.392 e. The van der Waals surface area contributed by atoms with Gasteiger partial charge >= 0.3 is 0 Å². The molecule has 2 aliphatic rings. The molecule has 0 spiro atoms. The van der Waals surface area contributed by atoms with Gasteiger partial charge in [0.1, 0.15) is 0 Å². The van der Waals surface area contributed by atoms with Crippen LogP contribution in [0.1, 0.15) is 32.6 Å². The molecule has 1 atom stereocenters. The van der Waals surface area contributed by atoms with Gasteiger partial charge in [0, 0.05) is 32.1 Å². The van der Waals surface area contributed by atoms with Crippen LogP contribution in [0.2, 0.25) is 0 Å². The molecule has 2 fully saturated rings. The van der Waals surface area contributed by atoms with Crippen LogP contribution in [-0.4, -0.2) is 52.9 Å². The molecule has 18 heavy (non-hydrogen) atoms. The molecular formula is C13H23N3OS. The first-order valence-electron chi connectivity index (χ1n) is 6.91. The second-order valence-electron chi connectivity index (χ2n) is 5.42. The first kappa shape index (κ1) is 13.7. The number of nitrogens with two attached hydrogens (primary N) is 1. The van der Waals surface area contributed by atoms with Crippen LogP contribution < -0.4 is 5.73 Å². The summed E-state index contributed by atoms with van der Waals surface area (Å²) < 4.78 is 0. The van der Waals surface area contributed by atoms with E-state index in [2.05, 4.69) is 4.90 Å². The Labute approximate surface area is 114 Å². The summed E-state index contributed by atoms with van der Waals surface area (Å²) in [5.41, 5.74) is 5.67. The highest BCUT2D eigenvalue weighted by molar-refractivity contribution is 7.80. The maximum Gasteiger partial charge on any atom is 0.225 e. The summed E-state index contributed by atoms with van der Waals surface area (Å²) in [6, 6.07) is 0.142. The number of thiocarbonyl (C=S) groups is 1. The fraction of sp³-hybridized carbons (Fsp3) is 0.846. The van der Waals surface area contributed by atoms with Crippen LogP contribution in [0.3, 0.4) is 0 Å². The monoisotopic (exact) mass is 269 g/mol. The topological polar surface area (TPSA) is 49.6 Å². The van der Waals surface area contributed by atoms with Gasteiger partial charge in [0.05, 0.1) is 11.0 Å². The van der Waals surface area contributed by atoms with E-state index >= 15 is 0 Å². The first-order valence-corrected chi connectivity index (χ1v) is 7.32. The lowest BCUT2D eigenvalue weighted by Gasteiger charge is -2.38. The molecule has 0 radical (unpaired) electrons. The van der Waals surface area contributed by atoms with Gasteiger partial charge in [0.2, 0.25) is 5.91 Å². The second kappa shape index (κ2) is 5.97. The number of piperazine rings is 1. The molecule has 0 bridgehead atoms. The van der Waals surface area contributed by atoms with Gasteiger partial charge in [-0.2, -0.15) is 0 Å². The second-order valence-corrected chi connectivity index (χ2v) is 5.89. The number of nitrogens with zero attached hydrogens (tertiary/aromatic N) is 2. The number of hydrogen-bond acceptors (Lipinski definition) is 3. The average molecular weight is 269 g/mol. The van der Waals surface area contributed by atoms with E-state index in [1.54, 1.807) is 0 Å². The zero-order valence-corrected chi connectivity index (χ0v) is 11.9. The van der Waals surface area contributed by atoms with E-state index in [1.165, 1.54) is 12.8 Å². The van der Waals surface area contributed by atoms with Crippen LogP contribution in [0.15, 0.2) is 0 Å². The van der Waals surface area contributed by atoms with Gasteiger partial charge < -0.3 is 10.6 Å². The summed E-state index contributed by atoms with van der Waals surface area (Å²) in [7, 11) is 0. The smallest absolute Gasteiger partial charge is 0.225 e. The summed E-state index contributed by atoms with van der Waals surface area (Å²) >= 11 is 5.02. The van der Waals surface area contributed by atoms with Crippen molar-refractivity contribution in [2.24, 2.45) is 11.7 Å². The fourth-order valence-electron chi connectivity index (χ4n) is 2.94. The summed E-state index contributed by atoms with van der Waals surface area (Å²) in [5.74, 6) is 0.666. The lowest BCUT2D eigenvalue weighted by molar-refractivity contribution is -0.137. The molecule has 0 aromatic rings. The summed E-state index contributed by atoms with van der Waals surface area (Å²) in [6.45, 7) is 5.45. The highest BCUT2D eigenvalue weighted by Crippen LogP contribution is 2.27. The molecule has 2 N–H and O–H groups in total. The minimum Gasteiger partial charge on any atom is -0.392 e. The Bertz CT molecular complexity index is 320. The summed E-state index contributed by atoms with van der Waals surface area (Å²) in [6.07, 6.45) is 4.61. The van der Waals surface area contributed by atoms with Gasteiger partial charge in [-0.1, -0.05) is 25.1 Å². The van der Waals surface area contributed by atoms with Crippen LogP contribution in [0.5, 0.6) is 0 Å². The molecule has 2 rings (SSSR count). The quantitative estimate of drug-likeness (QED) is 0.777. The van der Waals surface area contributed by atoms with Gasteiger partial charge in [-0.25, -0.2) is 0 Å². The minimum atomic E-state index is 0.142. The standard InChI is InChI=1S/C13H23N3OS/c1-10(12(14)18)15-6-8-16(9-7-15)13(17)11-4-2-3-5-11/h10-11H,2-9H2,1H3,(H2,14,18). The van der Waals surface area contributed by atoms with Gasteiger partial charge in [-0.3, -0.25) is 9.69 Å². The normalized spacial score (nSPS) is 24.2. The molecule has 1 saturated carbocycles. The van der Waals surface area contributed by atoms with Crippen molar-refractivity contribution in [1.82, 2.24) is 9.80 Å². The first-order chi connectivity index (χ1) is 8.59. The molecular weight excluding hydrogens is 246 g/mol. The van der Waals surface area contributed by atoms with Crippen molar-refractivity contribution in [2.45, 2.75) is 38.6 Å². The zero-order chi connectivity index (χ0) is 13.1. The van der Waals surface area contributed by atoms with Crippen LogP contribution in [0, 0.1) is 5.92 Å². The molecule has 4 nitrogen and oxygen atoms in total. The Kier molecular flexibility index (Phi) is 4.56. The fourth-order valence-corrected chi connectivity index (χ4v) is 3.09. The zero-order valence-electron chi connectivity index (χ0n) is 11.1. The van der Waals surface area contributed by atoms with Crippen LogP contribution in [0.4, 0.5) is 0 Å². The number of rotatable bonds is 3. The Morgan fingerprint density at radius 2 is 1.78 bits per heavy atom. The Balaban J connectivity index is 1.82. The maximum absolute atomic E-state index is 12.3. The molecule has 1 heterocycles. The number of hydrogen-bond donors (Lipinski definition) is 1. The third kappa shape index (κ3) is 3.01. The highest BCUT2D eigenvalue weighted by Gasteiger charge is 2.30. The van der Waals surface area contributed by atoms with E-state index in [9.17, 15) is 4.79 Å². The molecule has 1 unspecified atom stereocenters. The van der Waals surface area contributed by atoms with E-state index in [0.29, 0.717) is 16.8 Å². The van der Waals surface area contributed by atoms with Crippen molar-refractivity contribution in [3.63, 3.8) is 0 Å². The van der Waals surface area contributed by atoms with Crippen molar-refractivity contribution < 1.29 is 4.79 Å². The van der Waals surface area contributed by atoms with E-state index in [-0.39, 0.29) is 6.04 Å². The molecule has 0 aromatic carbocycles. The summed E-state index contributed by atoms with van der Waals surface area (Å²) in [4.78, 5) is 17.1. The molecule has 5 heteroatoms. The number of carbonyl (C=O) groups is 1. The minimum absolute atomic E-state index is 0.142. The third-order valence-electron chi connectivity index (χ3n) is 4.29. The molecule has 1 aliphatic heterocycles. The molecule has 1 saturated heterocycles. The third-order valence-corrected chi connectivity index (χ3v) is 4.63. The lowest BCUT2D eigenvalue weighted by Crippen LogP contribution is -2.54. The molecule has 1 amide bonds. The number of carbonyl (C=O) groups excluding carboxylic acids is 1. The van der Waals surface area contributed by atoms with Crippen molar-refractivity contribution in [1.29, 1.82) is 0 Å². The maximum atomic E-state index is 12.3. The van der Waals surface area contributed by atoms with Gasteiger partial charge in [-0.15, -0.1) is 0 Å². The van der Waals surface area contributed by atoms with E-state index in [4.69, 9.17) is 18.0 Å². The number of amides is 1. The van der Waals surface area contributed by atoms with Crippen LogP contribution in [0.25, 0.3) is 0 Å². The van der Waals surface area contributed by atoms with Gasteiger partial charge in [-0.05, 0) is 19.8 Å². The van der Waals surface area contributed by atoms with Gasteiger partial charge in [0.15, 0.2) is 0 Å². The van der Waals surface area contributed by atoms with Crippen molar-refractivity contribution in [3.05, 3.63) is 0 Å².